The van der Waals surface area contributed by atoms with Gasteiger partial charge in [0.15, 0.2) is 0 Å². The number of hydrazine groups is 1. The first-order valence-electron chi connectivity index (χ1n) is 15.6. The van der Waals surface area contributed by atoms with E-state index < -0.39 is 29.6 Å². The minimum absolute atomic E-state index is 0. The molecule has 3 saturated heterocycles. The first kappa shape index (κ1) is 36.7. The van der Waals surface area contributed by atoms with Crippen LogP contribution in [0.2, 0.25) is 0 Å². The smallest absolute Gasteiger partial charge is 0.406 e. The van der Waals surface area contributed by atoms with Crippen molar-refractivity contribution < 1.29 is 27.1 Å². The van der Waals surface area contributed by atoms with Crippen LogP contribution in [0.25, 0.3) is 0 Å². The molecule has 3 unspecified atom stereocenters. The molecule has 0 saturated carbocycles. The monoisotopic (exact) mass is 637 g/mol. The molecule has 0 aliphatic carbocycles. The Bertz CT molecular complexity index is 1360. The van der Waals surface area contributed by atoms with Gasteiger partial charge in [-0.15, -0.1) is 0 Å². The summed E-state index contributed by atoms with van der Waals surface area (Å²) in [5, 5.41) is 7.24. The molecule has 1 aromatic heterocycles. The van der Waals surface area contributed by atoms with E-state index in [2.05, 4.69) is 17.2 Å². The number of amides is 1. The fourth-order valence-corrected chi connectivity index (χ4v) is 6.87. The zero-order chi connectivity index (χ0) is 32.7. The van der Waals surface area contributed by atoms with Crippen LogP contribution in [0.3, 0.4) is 0 Å². The number of carbonyl (C=O) groups excluding carboxylic acids is 1. The molecule has 1 aromatic carbocycles. The van der Waals surface area contributed by atoms with Gasteiger partial charge in [0.05, 0.1) is 13.3 Å². The molecule has 3 fully saturated rings. The first-order chi connectivity index (χ1) is 20.6. The molecule has 1 amide bonds. The lowest BCUT2D eigenvalue weighted by Gasteiger charge is -2.62. The molecular weight excluding hydrogens is 586 g/mol. The predicted molar refractivity (Wildman–Crippen MR) is 170 cm³/mol. The van der Waals surface area contributed by atoms with Crippen molar-refractivity contribution in [1.29, 1.82) is 0 Å². The molecule has 1 spiro atoms. The second-order valence-electron chi connectivity index (χ2n) is 13.2. The van der Waals surface area contributed by atoms with Crippen LogP contribution in [-0.4, -0.2) is 77.5 Å². The number of ether oxygens (including phenoxy) is 1. The van der Waals surface area contributed by atoms with Gasteiger partial charge in [0.2, 0.25) is 5.91 Å². The SMILES string of the molecule is C.CC.CCc1c(F)ccc2c1CCO2.CN1N2CNCC3(C)CC1(C2)C(=O)N(CC(F)(F)F)Cc1cc(C(C)(C)C)ncc13. The Morgan fingerprint density at radius 3 is 2.44 bits per heavy atom. The van der Waals surface area contributed by atoms with Crippen molar-refractivity contribution in [3.05, 3.63) is 58.2 Å². The molecule has 45 heavy (non-hydrogen) atoms. The predicted octanol–water partition coefficient (Wildman–Crippen LogP) is 6.38. The fourth-order valence-electron chi connectivity index (χ4n) is 6.87. The highest BCUT2D eigenvalue weighted by Crippen LogP contribution is 2.46. The maximum Gasteiger partial charge on any atom is 0.406 e. The fraction of sp³-hybridized carbons (Fsp3) is 0.647. The summed E-state index contributed by atoms with van der Waals surface area (Å²) in [5.41, 5.74) is 2.77. The zero-order valence-corrected chi connectivity index (χ0v) is 27.3. The molecule has 7 rings (SSSR count). The molecular formula is C34H51F4N5O2. The minimum atomic E-state index is -4.46. The van der Waals surface area contributed by atoms with E-state index in [1.54, 1.807) is 13.1 Å². The van der Waals surface area contributed by atoms with Crippen molar-refractivity contribution in [3.8, 4) is 5.75 Å². The number of benzene rings is 1. The summed E-state index contributed by atoms with van der Waals surface area (Å²) in [6, 6.07) is 5.10. The average molecular weight is 638 g/mol. The molecule has 6 heterocycles. The molecule has 7 nitrogen and oxygen atoms in total. The van der Waals surface area contributed by atoms with E-state index in [0.29, 0.717) is 32.8 Å². The van der Waals surface area contributed by atoms with E-state index in [4.69, 9.17) is 4.74 Å². The van der Waals surface area contributed by atoms with Crippen LogP contribution in [0.15, 0.2) is 24.4 Å². The van der Waals surface area contributed by atoms with Gasteiger partial charge in [-0.1, -0.05) is 55.9 Å². The number of pyridine rings is 1. The van der Waals surface area contributed by atoms with Gasteiger partial charge in [-0.2, -0.15) is 13.2 Å². The number of aromatic nitrogens is 1. The van der Waals surface area contributed by atoms with Gasteiger partial charge in [0.1, 0.15) is 23.7 Å². The van der Waals surface area contributed by atoms with Gasteiger partial charge < -0.3 is 15.0 Å². The van der Waals surface area contributed by atoms with Crippen LogP contribution in [0, 0.1) is 5.82 Å². The summed E-state index contributed by atoms with van der Waals surface area (Å²) < 4.78 is 58.8. The molecule has 11 heteroatoms. The molecule has 5 aliphatic heterocycles. The second kappa shape index (κ2) is 13.5. The van der Waals surface area contributed by atoms with Crippen LogP contribution >= 0.6 is 0 Å². The van der Waals surface area contributed by atoms with E-state index in [-0.39, 0.29) is 25.2 Å². The normalized spacial score (nSPS) is 25.6. The van der Waals surface area contributed by atoms with Gasteiger partial charge in [-0.05, 0) is 47.7 Å². The molecule has 252 valence electrons. The highest BCUT2D eigenvalue weighted by atomic mass is 19.4. The number of nitrogens with zero attached hydrogens (tertiary/aromatic N) is 4. The number of fused-ring (bicyclic) bond motifs is 4. The van der Waals surface area contributed by atoms with E-state index in [0.717, 1.165) is 51.4 Å². The third-order valence-electron chi connectivity index (χ3n) is 9.10. The minimum Gasteiger partial charge on any atom is -0.493 e. The van der Waals surface area contributed by atoms with Crippen molar-refractivity contribution in [2.24, 2.45) is 0 Å². The van der Waals surface area contributed by atoms with Crippen LogP contribution in [-0.2, 0) is 35.0 Å². The summed E-state index contributed by atoms with van der Waals surface area (Å²) in [7, 11) is 1.80. The number of alkyl halides is 3. The highest BCUT2D eigenvalue weighted by Gasteiger charge is 2.61. The zero-order valence-electron chi connectivity index (χ0n) is 27.3. The van der Waals surface area contributed by atoms with Gasteiger partial charge in [-0.3, -0.25) is 9.78 Å². The van der Waals surface area contributed by atoms with Crippen molar-refractivity contribution >= 4 is 5.91 Å². The lowest BCUT2D eigenvalue weighted by atomic mass is 9.67. The van der Waals surface area contributed by atoms with Crippen molar-refractivity contribution in [1.82, 2.24) is 25.2 Å². The molecule has 2 aromatic rings. The molecule has 5 aliphatic rings. The highest BCUT2D eigenvalue weighted by molar-refractivity contribution is 5.88. The van der Waals surface area contributed by atoms with Gasteiger partial charge in [0.25, 0.3) is 0 Å². The second-order valence-corrected chi connectivity index (χ2v) is 13.2. The lowest BCUT2D eigenvalue weighted by molar-refractivity contribution is -0.234. The number of halogens is 4. The van der Waals surface area contributed by atoms with Crippen molar-refractivity contribution in [3.63, 3.8) is 0 Å². The van der Waals surface area contributed by atoms with Crippen molar-refractivity contribution in [2.45, 2.75) is 104 Å². The van der Waals surface area contributed by atoms with Crippen molar-refractivity contribution in [2.75, 3.05) is 40.0 Å². The third-order valence-corrected chi connectivity index (χ3v) is 9.10. The summed E-state index contributed by atoms with van der Waals surface area (Å²) in [6.07, 6.45) is -0.587. The maximum atomic E-state index is 13.6. The van der Waals surface area contributed by atoms with E-state index in [1.165, 1.54) is 6.07 Å². The topological polar surface area (TPSA) is 60.9 Å². The van der Waals surface area contributed by atoms with Crippen LogP contribution in [0.4, 0.5) is 17.6 Å². The van der Waals surface area contributed by atoms with Gasteiger partial charge in [-0.25, -0.2) is 14.4 Å². The summed E-state index contributed by atoms with van der Waals surface area (Å²) in [4.78, 5) is 19.2. The Labute approximate surface area is 266 Å². The van der Waals surface area contributed by atoms with E-state index >= 15 is 0 Å². The maximum absolute atomic E-state index is 13.6. The molecule has 3 bridgehead atoms. The number of hydrogen-bond acceptors (Lipinski definition) is 6. The third kappa shape index (κ3) is 7.15. The van der Waals surface area contributed by atoms with E-state index in [1.807, 2.05) is 63.8 Å². The van der Waals surface area contributed by atoms with Crippen LogP contribution < -0.4 is 10.1 Å². The summed E-state index contributed by atoms with van der Waals surface area (Å²) in [5.74, 6) is 0.335. The van der Waals surface area contributed by atoms with Crippen LogP contribution in [0.5, 0.6) is 5.75 Å². The average Bonchev–Trinajstić information content (AvgIpc) is 3.42. The Hall–Kier alpha value is -2.76. The molecule has 3 atom stereocenters. The van der Waals surface area contributed by atoms with E-state index in [9.17, 15) is 22.4 Å². The Morgan fingerprint density at radius 1 is 1.16 bits per heavy atom. The van der Waals surface area contributed by atoms with Crippen LogP contribution in [0.1, 0.15) is 90.3 Å². The molecule has 1 N–H and O–H groups in total. The lowest BCUT2D eigenvalue weighted by Crippen LogP contribution is -2.81. The summed E-state index contributed by atoms with van der Waals surface area (Å²) >= 11 is 0. The largest absolute Gasteiger partial charge is 0.493 e. The molecule has 0 radical (unpaired) electrons. The number of hydrogen-bond donors (Lipinski definition) is 1. The first-order valence-corrected chi connectivity index (χ1v) is 15.6. The van der Waals surface area contributed by atoms with Gasteiger partial charge >= 0.3 is 6.18 Å². The van der Waals surface area contributed by atoms with Gasteiger partial charge in [0, 0.05) is 61.4 Å². The summed E-state index contributed by atoms with van der Waals surface area (Å²) in [6.45, 7) is 15.1. The Balaban J connectivity index is 0.000000308. The number of likely N-dealkylation sites (N-methyl/N-ethyl adjacent to an activating group) is 1. The Kier molecular flexibility index (Phi) is 11.0. The number of carbonyl (C=O) groups is 1. The Morgan fingerprint density at radius 2 is 1.84 bits per heavy atom. The standard InChI is InChI=1S/C21H30F3N5O.C10H11FO.C2H6.CH4/c1-18(2,3)16-6-14-8-28(12-21(22,23)24)17(30)20-9-19(4,15(14)7-26-16)10-25-13-29(11-20)27(20)5;1-2-7-8-5-6-12-10(8)4-3-9(7)11;1-2;/h6-7,25H,8-13H2,1-5H3;3-4H,2,5-6H2,1H3;1-2H3;1H4. The number of nitrogens with one attached hydrogen (secondary N) is 1. The number of rotatable bonds is 2. The quantitative estimate of drug-likeness (QED) is 0.386.